The number of aryl methyl sites for hydroxylation is 1. The lowest BCUT2D eigenvalue weighted by atomic mass is 9.71. The number of anilines is 1. The number of likely N-dealkylation sites (N-methyl/N-ethyl adjacent to an activating group) is 1. The Bertz CT molecular complexity index is 1580. The van der Waals surface area contributed by atoms with Gasteiger partial charge in [-0.05, 0) is 85.7 Å². The maximum Gasteiger partial charge on any atom is 0.276 e. The van der Waals surface area contributed by atoms with Gasteiger partial charge in [0.2, 0.25) is 0 Å². The predicted octanol–water partition coefficient (Wildman–Crippen LogP) is 6.21. The van der Waals surface area contributed by atoms with E-state index in [0.717, 1.165) is 71.4 Å². The molecule has 0 fully saturated rings. The number of fused-ring (bicyclic) bond motifs is 2. The zero-order chi connectivity index (χ0) is 32.2. The molecule has 0 spiro atoms. The Morgan fingerprint density at radius 3 is 2.42 bits per heavy atom. The van der Waals surface area contributed by atoms with Gasteiger partial charge < -0.3 is 16.4 Å². The van der Waals surface area contributed by atoms with Crippen LogP contribution < -0.4 is 16.4 Å². The molecule has 1 unspecified atom stereocenters. The number of thioether (sulfide) groups is 1. The van der Waals surface area contributed by atoms with Crippen molar-refractivity contribution in [2.45, 2.75) is 45.1 Å². The first-order chi connectivity index (χ1) is 21.7. The molecule has 0 saturated heterocycles. The van der Waals surface area contributed by atoms with E-state index in [1.807, 2.05) is 73.8 Å². The number of hydrogen-bond acceptors (Lipinski definition) is 7. The first-order valence-corrected chi connectivity index (χ1v) is 16.3. The molecular formula is C36H44N6O2S. The van der Waals surface area contributed by atoms with Gasteiger partial charge in [-0.1, -0.05) is 57.2 Å². The van der Waals surface area contributed by atoms with Gasteiger partial charge in [0.25, 0.3) is 5.91 Å². The number of nitrogens with two attached hydrogens (primary N) is 1. The Hall–Kier alpha value is -4.05. The Morgan fingerprint density at radius 2 is 1.80 bits per heavy atom. The number of amides is 1. The molecule has 2 aromatic heterocycles. The smallest absolute Gasteiger partial charge is 0.276 e. The number of para-hydroxylation sites is 2. The van der Waals surface area contributed by atoms with Crippen LogP contribution in [0, 0.1) is 11.3 Å². The fraction of sp³-hybridized carbons (Fsp3) is 0.333. The minimum Gasteiger partial charge on any atom is -0.329 e. The third kappa shape index (κ3) is 9.72. The van der Waals surface area contributed by atoms with Crippen LogP contribution in [0.25, 0.3) is 11.8 Å². The molecule has 0 saturated carbocycles. The number of hydrogen-bond donors (Lipinski definition) is 3. The molecule has 3 heterocycles. The highest BCUT2D eigenvalue weighted by molar-refractivity contribution is 7.99. The summed E-state index contributed by atoms with van der Waals surface area (Å²) in [5, 5.41) is 11.1. The second-order valence-corrected chi connectivity index (χ2v) is 13.1. The first-order valence-electron chi connectivity index (χ1n) is 15.3. The van der Waals surface area contributed by atoms with Crippen LogP contribution in [0.4, 0.5) is 5.69 Å². The molecule has 9 heteroatoms. The van der Waals surface area contributed by atoms with Crippen molar-refractivity contribution >= 4 is 35.7 Å². The molecule has 4 aromatic rings. The number of nitrogens with one attached hydrogen (secondary N) is 2. The van der Waals surface area contributed by atoms with Crippen molar-refractivity contribution in [3.8, 4) is 5.69 Å². The summed E-state index contributed by atoms with van der Waals surface area (Å²) >= 11 is 1.69. The number of aromatic nitrogens is 3. The monoisotopic (exact) mass is 624 g/mol. The zero-order valence-corrected chi connectivity index (χ0v) is 27.4. The van der Waals surface area contributed by atoms with E-state index in [-0.39, 0.29) is 5.91 Å². The van der Waals surface area contributed by atoms with E-state index in [0.29, 0.717) is 11.1 Å². The van der Waals surface area contributed by atoms with E-state index in [9.17, 15) is 9.59 Å². The van der Waals surface area contributed by atoms with Crippen molar-refractivity contribution in [2.75, 3.05) is 31.2 Å². The number of nitrogens with zero attached hydrogens (tertiary/aromatic N) is 3. The van der Waals surface area contributed by atoms with Crippen molar-refractivity contribution in [1.82, 2.24) is 20.1 Å². The van der Waals surface area contributed by atoms with Gasteiger partial charge in [0, 0.05) is 47.6 Å². The normalized spacial score (nSPS) is 15.1. The molecule has 0 radical (unpaired) electrons. The van der Waals surface area contributed by atoms with Gasteiger partial charge in [0.1, 0.15) is 11.3 Å². The molecule has 236 valence electrons. The summed E-state index contributed by atoms with van der Waals surface area (Å²) in [6, 6.07) is 23.0. The number of aldehydes is 1. The molecule has 2 aromatic carbocycles. The molecule has 45 heavy (non-hydrogen) atoms. The summed E-state index contributed by atoms with van der Waals surface area (Å²) in [7, 11) is 1.88. The van der Waals surface area contributed by atoms with Crippen molar-refractivity contribution in [3.63, 3.8) is 0 Å². The molecule has 8 nitrogen and oxygen atoms in total. The Kier molecular flexibility index (Phi) is 12.3. The summed E-state index contributed by atoms with van der Waals surface area (Å²) in [4.78, 5) is 27.9. The fourth-order valence-electron chi connectivity index (χ4n) is 5.11. The number of carbonyl (C=O) groups is 2. The van der Waals surface area contributed by atoms with Crippen molar-refractivity contribution < 1.29 is 9.59 Å². The molecule has 1 amide bonds. The first kappa shape index (κ1) is 33.8. The maximum atomic E-state index is 12.1. The highest BCUT2D eigenvalue weighted by atomic mass is 32.2. The van der Waals surface area contributed by atoms with E-state index in [1.165, 1.54) is 17.7 Å². The van der Waals surface area contributed by atoms with Gasteiger partial charge in [-0.15, -0.1) is 11.8 Å². The minimum atomic E-state index is -0.217. The molecule has 1 atom stereocenters. The highest BCUT2D eigenvalue weighted by Gasteiger charge is 2.30. The number of rotatable bonds is 6. The summed E-state index contributed by atoms with van der Waals surface area (Å²) in [6.45, 7) is 8.63. The number of carbonyl (C=O) groups excluding carboxylic acids is 2. The Morgan fingerprint density at radius 1 is 1.09 bits per heavy atom. The van der Waals surface area contributed by atoms with Crippen LogP contribution in [0.15, 0.2) is 89.6 Å². The molecule has 1 aliphatic heterocycles. The lowest BCUT2D eigenvalue weighted by Gasteiger charge is -2.35. The number of benzene rings is 2. The standard InChI is InChI=1S/C17H21NOS.C16H13N3O.C3H10N2/c1-17(2,3)14-4-5-15-12(8-14)7-13-6-11(9-19)10-20-16(13)18-15;20-16(17-13-7-3-1-4-8-13)15-11-12-19(18-15)14-9-5-2-6-10-14;1-5-3-2-4/h6-7,9,14H,4-5,8,10H2,1-3H3;1-12H,(H,17,20);5H,2-4H2,1H3. The van der Waals surface area contributed by atoms with Crippen molar-refractivity contribution in [1.29, 1.82) is 0 Å². The molecule has 0 bridgehead atoms. The van der Waals surface area contributed by atoms with Gasteiger partial charge >= 0.3 is 0 Å². The largest absolute Gasteiger partial charge is 0.329 e. The summed E-state index contributed by atoms with van der Waals surface area (Å²) in [6.07, 6.45) is 8.20. The second-order valence-electron chi connectivity index (χ2n) is 12.1. The van der Waals surface area contributed by atoms with Crippen LogP contribution in [0.3, 0.4) is 0 Å². The van der Waals surface area contributed by atoms with E-state index in [1.54, 1.807) is 28.7 Å². The molecular weight excluding hydrogens is 581 g/mol. The van der Waals surface area contributed by atoms with Crippen LogP contribution >= 0.6 is 11.8 Å². The molecule has 6 rings (SSSR count). The average molecular weight is 625 g/mol. The summed E-state index contributed by atoms with van der Waals surface area (Å²) < 4.78 is 1.68. The molecule has 4 N–H and O–H groups in total. The fourth-order valence-corrected chi connectivity index (χ4v) is 6.03. The SMILES string of the molecule is CC(C)(C)C1CCc2nc3c(cc2C1)C=C(C=O)CS3.CNCCN.O=C(Nc1ccccc1)c1ccn(-c2ccccc2)n1. The van der Waals surface area contributed by atoms with Gasteiger partial charge in [0.05, 0.1) is 5.69 Å². The molecule has 1 aliphatic carbocycles. The van der Waals surface area contributed by atoms with Crippen LogP contribution in [-0.2, 0) is 17.6 Å². The van der Waals surface area contributed by atoms with E-state index in [2.05, 4.69) is 42.6 Å². The zero-order valence-electron chi connectivity index (χ0n) is 26.6. The van der Waals surface area contributed by atoms with E-state index >= 15 is 0 Å². The van der Waals surface area contributed by atoms with Crippen LogP contribution in [0.2, 0.25) is 0 Å². The van der Waals surface area contributed by atoms with Gasteiger partial charge in [-0.25, -0.2) is 9.67 Å². The number of pyridine rings is 1. The predicted molar refractivity (Wildman–Crippen MR) is 185 cm³/mol. The van der Waals surface area contributed by atoms with Gasteiger partial charge in [0.15, 0.2) is 5.69 Å². The minimum absolute atomic E-state index is 0.217. The average Bonchev–Trinajstić information content (AvgIpc) is 3.56. The second kappa shape index (κ2) is 16.3. The van der Waals surface area contributed by atoms with Gasteiger partial charge in [-0.3, -0.25) is 9.59 Å². The van der Waals surface area contributed by atoms with E-state index in [4.69, 9.17) is 10.7 Å². The van der Waals surface area contributed by atoms with Crippen molar-refractivity contribution in [3.05, 3.63) is 107 Å². The molecule has 2 aliphatic rings. The van der Waals surface area contributed by atoms with Gasteiger partial charge in [-0.2, -0.15) is 5.10 Å². The Labute approximate surface area is 270 Å². The lowest BCUT2D eigenvalue weighted by Crippen LogP contribution is -2.27. The maximum absolute atomic E-state index is 12.1. The third-order valence-corrected chi connectivity index (χ3v) is 8.82. The Balaban J connectivity index is 0.000000179. The lowest BCUT2D eigenvalue weighted by molar-refractivity contribution is -0.104. The topological polar surface area (TPSA) is 115 Å². The summed E-state index contributed by atoms with van der Waals surface area (Å²) in [5.41, 5.74) is 12.2. The highest BCUT2D eigenvalue weighted by Crippen LogP contribution is 2.39. The van der Waals surface area contributed by atoms with Crippen molar-refractivity contribution in [2.24, 2.45) is 17.1 Å². The van der Waals surface area contributed by atoms with Crippen LogP contribution in [0.1, 0.15) is 54.5 Å². The van der Waals surface area contributed by atoms with Crippen LogP contribution in [0.5, 0.6) is 0 Å². The summed E-state index contributed by atoms with van der Waals surface area (Å²) in [5.74, 6) is 1.26. The van der Waals surface area contributed by atoms with E-state index < -0.39 is 0 Å². The third-order valence-electron chi connectivity index (χ3n) is 7.74. The van der Waals surface area contributed by atoms with Crippen LogP contribution in [-0.4, -0.2) is 52.8 Å². The quantitative estimate of drug-likeness (QED) is 0.219.